The van der Waals surface area contributed by atoms with Gasteiger partial charge in [-0.1, -0.05) is 12.1 Å². The van der Waals surface area contributed by atoms with Crippen LogP contribution in [0, 0.1) is 18.3 Å². The molecule has 6 nitrogen and oxygen atoms in total. The number of ether oxygens (including phenoxy) is 1. The van der Waals surface area contributed by atoms with Gasteiger partial charge in [0.25, 0.3) is 0 Å². The first-order chi connectivity index (χ1) is 14.0. The molecule has 2 aromatic carbocycles. The highest BCUT2D eigenvalue weighted by atomic mass is 16.5. The largest absolute Gasteiger partial charge is 0.457 e. The molecule has 0 saturated carbocycles. The summed E-state index contributed by atoms with van der Waals surface area (Å²) in [5.41, 5.74) is 3.51. The molecule has 3 aromatic rings. The predicted molar refractivity (Wildman–Crippen MR) is 107 cm³/mol. The Bertz CT molecular complexity index is 1060. The Morgan fingerprint density at radius 1 is 1.14 bits per heavy atom. The van der Waals surface area contributed by atoms with E-state index < -0.39 is 18.5 Å². The summed E-state index contributed by atoms with van der Waals surface area (Å²) in [6.07, 6.45) is -1.44. The van der Waals surface area contributed by atoms with Crippen molar-refractivity contribution in [3.63, 3.8) is 0 Å². The third-order valence-corrected chi connectivity index (χ3v) is 4.42. The number of carbonyl (C=O) groups is 1. The first kappa shape index (κ1) is 20.2. The number of nitriles is 1. The molecule has 0 aliphatic heterocycles. The van der Waals surface area contributed by atoms with Gasteiger partial charge in [-0.05, 0) is 61.0 Å². The Balaban J connectivity index is 1.74. The maximum atomic E-state index is 11.8. The van der Waals surface area contributed by atoms with Gasteiger partial charge < -0.3 is 14.9 Å². The van der Waals surface area contributed by atoms with E-state index in [0.717, 1.165) is 11.1 Å². The Kier molecular flexibility index (Phi) is 6.35. The third kappa shape index (κ3) is 5.05. The molecular formula is C23H20N2O4. The summed E-state index contributed by atoms with van der Waals surface area (Å²) < 4.78 is 5.81. The topological polar surface area (TPSA) is 103 Å². The number of aliphatic hydroxyl groups excluding tert-OH is 2. The van der Waals surface area contributed by atoms with Crippen LogP contribution in [-0.4, -0.2) is 33.7 Å². The van der Waals surface area contributed by atoms with Gasteiger partial charge in [-0.15, -0.1) is 0 Å². The number of nitrogens with zero attached hydrogens (tertiary/aromatic N) is 2. The number of benzene rings is 2. The van der Waals surface area contributed by atoms with Crippen molar-refractivity contribution in [2.24, 2.45) is 0 Å². The molecule has 6 heteroatoms. The van der Waals surface area contributed by atoms with Crippen LogP contribution in [0.2, 0.25) is 0 Å². The van der Waals surface area contributed by atoms with E-state index in [1.54, 1.807) is 30.3 Å². The van der Waals surface area contributed by atoms with E-state index >= 15 is 0 Å². The standard InChI is InChI=1S/C23H20N2O4/c1-15-5-8-20(11-17(15)13-24)29-19-9-6-16(7-10-19)21-4-2-3-18(25-21)12-22(27)23(28)14-26/h2-11,23,26,28H,12,14H2,1H3. The van der Waals surface area contributed by atoms with Crippen LogP contribution < -0.4 is 4.74 Å². The van der Waals surface area contributed by atoms with Gasteiger partial charge in [0.1, 0.15) is 17.6 Å². The first-order valence-corrected chi connectivity index (χ1v) is 9.07. The van der Waals surface area contributed by atoms with Crippen LogP contribution >= 0.6 is 0 Å². The zero-order valence-electron chi connectivity index (χ0n) is 15.9. The molecule has 0 bridgehead atoms. The summed E-state index contributed by atoms with van der Waals surface area (Å²) in [5, 5.41) is 27.4. The lowest BCUT2D eigenvalue weighted by Gasteiger charge is -2.09. The number of aryl methyl sites for hydroxylation is 1. The smallest absolute Gasteiger partial charge is 0.169 e. The van der Waals surface area contributed by atoms with Gasteiger partial charge in [-0.3, -0.25) is 9.78 Å². The van der Waals surface area contributed by atoms with Gasteiger partial charge in [0.05, 0.1) is 30.4 Å². The fraction of sp³-hybridized carbons (Fsp3) is 0.174. The van der Waals surface area contributed by atoms with E-state index in [9.17, 15) is 9.90 Å². The molecule has 1 heterocycles. The van der Waals surface area contributed by atoms with E-state index in [4.69, 9.17) is 15.1 Å². The minimum absolute atomic E-state index is 0.0502. The number of hydrogen-bond donors (Lipinski definition) is 2. The number of hydrogen-bond acceptors (Lipinski definition) is 6. The highest BCUT2D eigenvalue weighted by Gasteiger charge is 2.15. The molecule has 0 radical (unpaired) electrons. The Hall–Kier alpha value is -3.53. The summed E-state index contributed by atoms with van der Waals surface area (Å²) in [5.74, 6) is 0.732. The second-order valence-electron chi connectivity index (χ2n) is 6.57. The van der Waals surface area contributed by atoms with E-state index in [1.807, 2.05) is 37.3 Å². The SMILES string of the molecule is Cc1ccc(Oc2ccc(-c3cccc(CC(=O)C(O)CO)n3)cc2)cc1C#N. The molecule has 0 amide bonds. The predicted octanol–water partition coefficient (Wildman–Crippen LogP) is 3.19. The summed E-state index contributed by atoms with van der Waals surface area (Å²) >= 11 is 0. The average molecular weight is 388 g/mol. The van der Waals surface area contributed by atoms with Crippen LogP contribution in [0.3, 0.4) is 0 Å². The monoisotopic (exact) mass is 388 g/mol. The zero-order chi connectivity index (χ0) is 20.8. The fourth-order valence-corrected chi connectivity index (χ4v) is 2.75. The van der Waals surface area contributed by atoms with Gasteiger partial charge >= 0.3 is 0 Å². The first-order valence-electron chi connectivity index (χ1n) is 9.07. The second kappa shape index (κ2) is 9.11. The van der Waals surface area contributed by atoms with E-state index in [0.29, 0.717) is 28.5 Å². The van der Waals surface area contributed by atoms with Gasteiger partial charge in [-0.25, -0.2) is 0 Å². The van der Waals surface area contributed by atoms with Gasteiger partial charge in [0, 0.05) is 11.3 Å². The van der Waals surface area contributed by atoms with E-state index in [2.05, 4.69) is 11.1 Å². The molecule has 1 atom stereocenters. The molecule has 29 heavy (non-hydrogen) atoms. The van der Waals surface area contributed by atoms with Crippen molar-refractivity contribution in [1.82, 2.24) is 4.98 Å². The second-order valence-corrected chi connectivity index (χ2v) is 6.57. The molecule has 0 aliphatic carbocycles. The highest BCUT2D eigenvalue weighted by molar-refractivity contribution is 5.84. The Labute approximate surface area is 168 Å². The van der Waals surface area contributed by atoms with Crippen molar-refractivity contribution in [3.8, 4) is 28.8 Å². The summed E-state index contributed by atoms with van der Waals surface area (Å²) in [7, 11) is 0. The van der Waals surface area contributed by atoms with Crippen molar-refractivity contribution in [2.45, 2.75) is 19.4 Å². The van der Waals surface area contributed by atoms with Crippen molar-refractivity contribution >= 4 is 5.78 Å². The molecule has 3 rings (SSSR count). The molecule has 1 aromatic heterocycles. The van der Waals surface area contributed by atoms with Crippen molar-refractivity contribution in [2.75, 3.05) is 6.61 Å². The molecule has 2 N–H and O–H groups in total. The maximum Gasteiger partial charge on any atom is 0.169 e. The van der Waals surface area contributed by atoms with Crippen LogP contribution in [0.25, 0.3) is 11.3 Å². The number of pyridine rings is 1. The lowest BCUT2D eigenvalue weighted by atomic mass is 10.1. The van der Waals surface area contributed by atoms with Crippen LogP contribution in [-0.2, 0) is 11.2 Å². The number of rotatable bonds is 7. The van der Waals surface area contributed by atoms with Crippen molar-refractivity contribution in [1.29, 1.82) is 5.26 Å². The molecular weight excluding hydrogens is 368 g/mol. The zero-order valence-corrected chi connectivity index (χ0v) is 15.9. The number of Topliss-reactive ketones (excluding diaryl/α,β-unsaturated/α-hetero) is 1. The molecule has 1 unspecified atom stereocenters. The molecule has 0 fully saturated rings. The molecule has 146 valence electrons. The molecule has 0 aliphatic rings. The molecule has 0 spiro atoms. The van der Waals surface area contributed by atoms with Gasteiger partial charge in [-0.2, -0.15) is 5.26 Å². The van der Waals surface area contributed by atoms with Crippen molar-refractivity contribution < 1.29 is 19.7 Å². The Morgan fingerprint density at radius 2 is 1.86 bits per heavy atom. The number of aromatic nitrogens is 1. The number of carbonyl (C=O) groups excluding carboxylic acids is 1. The van der Waals surface area contributed by atoms with Gasteiger partial charge in [0.15, 0.2) is 5.78 Å². The average Bonchev–Trinajstić information content (AvgIpc) is 2.75. The van der Waals surface area contributed by atoms with Crippen LogP contribution in [0.15, 0.2) is 60.7 Å². The minimum Gasteiger partial charge on any atom is -0.457 e. The number of ketones is 1. The maximum absolute atomic E-state index is 11.8. The van der Waals surface area contributed by atoms with Crippen molar-refractivity contribution in [3.05, 3.63) is 77.5 Å². The lowest BCUT2D eigenvalue weighted by Crippen LogP contribution is -2.26. The van der Waals surface area contributed by atoms with Crippen LogP contribution in [0.5, 0.6) is 11.5 Å². The minimum atomic E-state index is -1.39. The quantitative estimate of drug-likeness (QED) is 0.644. The summed E-state index contributed by atoms with van der Waals surface area (Å²) in [6, 6.07) is 20.1. The summed E-state index contributed by atoms with van der Waals surface area (Å²) in [4.78, 5) is 16.2. The van der Waals surface area contributed by atoms with Crippen LogP contribution in [0.1, 0.15) is 16.8 Å². The normalized spacial score (nSPS) is 11.5. The Morgan fingerprint density at radius 3 is 2.55 bits per heavy atom. The number of aliphatic hydroxyl groups is 2. The third-order valence-electron chi connectivity index (χ3n) is 4.42. The van der Waals surface area contributed by atoms with E-state index in [1.165, 1.54) is 0 Å². The van der Waals surface area contributed by atoms with Gasteiger partial charge in [0.2, 0.25) is 0 Å². The van der Waals surface area contributed by atoms with E-state index in [-0.39, 0.29) is 6.42 Å². The fourth-order valence-electron chi connectivity index (χ4n) is 2.75. The summed E-state index contributed by atoms with van der Waals surface area (Å²) in [6.45, 7) is 1.27. The van der Waals surface area contributed by atoms with Crippen LogP contribution in [0.4, 0.5) is 0 Å². The highest BCUT2D eigenvalue weighted by Crippen LogP contribution is 2.26. The lowest BCUT2D eigenvalue weighted by molar-refractivity contribution is -0.128. The molecule has 0 saturated heterocycles.